The molecule has 6 aromatic carbocycles. The van der Waals surface area contributed by atoms with Crippen molar-refractivity contribution in [1.82, 2.24) is 14.5 Å². The molecule has 0 aliphatic heterocycles. The van der Waals surface area contributed by atoms with E-state index in [2.05, 4.69) is 118 Å². The molecule has 0 aliphatic rings. The lowest BCUT2D eigenvalue weighted by Gasteiger charge is -2.12. The Morgan fingerprint density at radius 1 is 0.467 bits per heavy atom. The van der Waals surface area contributed by atoms with Gasteiger partial charge in [0.25, 0.3) is 0 Å². The van der Waals surface area contributed by atoms with Crippen molar-refractivity contribution < 1.29 is 4.42 Å². The lowest BCUT2D eigenvalue weighted by molar-refractivity contribution is 0.669. The molecule has 0 N–H and O–H groups in total. The molecule has 9 rings (SSSR count). The van der Waals surface area contributed by atoms with Crippen molar-refractivity contribution in [1.29, 1.82) is 0 Å². The van der Waals surface area contributed by atoms with Crippen LogP contribution in [0.5, 0.6) is 0 Å². The Kier molecular flexibility index (Phi) is 5.93. The third-order valence-electron chi connectivity index (χ3n) is 8.50. The first kappa shape index (κ1) is 25.9. The predicted molar refractivity (Wildman–Crippen MR) is 188 cm³/mol. The second kappa shape index (κ2) is 10.3. The molecule has 3 heterocycles. The smallest absolute Gasteiger partial charge is 0.235 e. The van der Waals surface area contributed by atoms with Gasteiger partial charge in [0.2, 0.25) is 5.95 Å². The quantitative estimate of drug-likeness (QED) is 0.192. The summed E-state index contributed by atoms with van der Waals surface area (Å²) in [5, 5.41) is 4.49. The monoisotopic (exact) mass is 641 g/mol. The standard InChI is InChI=1S/C40H24BrN3O/c41-32-15-9-17-38-39(32)31-22-27(19-21-37(31)45-38)28-18-20-30-29-14-7-8-16-35(29)44(36(30)23-28)40-42-33(25-10-3-1-4-11-25)24-34(43-40)26-12-5-2-6-13-26/h1-24H. The fourth-order valence-corrected chi connectivity index (χ4v) is 6.94. The van der Waals surface area contributed by atoms with Crippen LogP contribution >= 0.6 is 15.9 Å². The number of hydrogen-bond acceptors (Lipinski definition) is 3. The fraction of sp³-hybridized carbons (Fsp3) is 0. The van der Waals surface area contributed by atoms with E-state index in [0.29, 0.717) is 5.95 Å². The maximum atomic E-state index is 6.16. The summed E-state index contributed by atoms with van der Waals surface area (Å²) in [4.78, 5) is 10.4. The zero-order valence-electron chi connectivity index (χ0n) is 24.0. The maximum Gasteiger partial charge on any atom is 0.235 e. The molecule has 0 amide bonds. The van der Waals surface area contributed by atoms with Gasteiger partial charge in [-0.15, -0.1) is 0 Å². The van der Waals surface area contributed by atoms with Gasteiger partial charge in [-0.05, 0) is 53.6 Å². The summed E-state index contributed by atoms with van der Waals surface area (Å²) in [6.07, 6.45) is 0. The largest absolute Gasteiger partial charge is 0.456 e. The number of furan rings is 1. The second-order valence-corrected chi connectivity index (χ2v) is 12.0. The molecule has 0 spiro atoms. The van der Waals surface area contributed by atoms with E-state index < -0.39 is 0 Å². The van der Waals surface area contributed by atoms with E-state index in [1.807, 2.05) is 48.5 Å². The highest BCUT2D eigenvalue weighted by Gasteiger charge is 2.18. The molecular weight excluding hydrogens is 618 g/mol. The zero-order valence-corrected chi connectivity index (χ0v) is 25.6. The molecule has 0 aliphatic carbocycles. The van der Waals surface area contributed by atoms with Crippen LogP contribution in [0.4, 0.5) is 0 Å². The number of nitrogens with zero attached hydrogens (tertiary/aromatic N) is 3. The van der Waals surface area contributed by atoms with E-state index >= 15 is 0 Å². The highest BCUT2D eigenvalue weighted by atomic mass is 79.9. The zero-order chi connectivity index (χ0) is 29.9. The molecule has 0 radical (unpaired) electrons. The van der Waals surface area contributed by atoms with Crippen molar-refractivity contribution in [3.05, 3.63) is 150 Å². The number of halogens is 1. The molecule has 0 atom stereocenters. The van der Waals surface area contributed by atoms with Gasteiger partial charge in [0.1, 0.15) is 11.2 Å². The van der Waals surface area contributed by atoms with Crippen molar-refractivity contribution in [3.63, 3.8) is 0 Å². The van der Waals surface area contributed by atoms with E-state index in [0.717, 1.165) is 81.9 Å². The third kappa shape index (κ3) is 4.27. The van der Waals surface area contributed by atoms with Crippen molar-refractivity contribution in [2.24, 2.45) is 0 Å². The fourth-order valence-electron chi connectivity index (χ4n) is 6.38. The first-order valence-corrected chi connectivity index (χ1v) is 15.7. The average Bonchev–Trinajstić information content (AvgIpc) is 3.64. The number of fused-ring (bicyclic) bond motifs is 6. The van der Waals surface area contributed by atoms with Gasteiger partial charge in [0.05, 0.1) is 22.4 Å². The van der Waals surface area contributed by atoms with Crippen LogP contribution in [0.1, 0.15) is 0 Å². The van der Waals surface area contributed by atoms with Crippen molar-refractivity contribution in [2.75, 3.05) is 0 Å². The van der Waals surface area contributed by atoms with Crippen LogP contribution in [0.2, 0.25) is 0 Å². The van der Waals surface area contributed by atoms with Crippen LogP contribution in [0.25, 0.3) is 83.3 Å². The summed E-state index contributed by atoms with van der Waals surface area (Å²) < 4.78 is 9.38. The third-order valence-corrected chi connectivity index (χ3v) is 9.17. The maximum absolute atomic E-state index is 6.16. The summed E-state index contributed by atoms with van der Waals surface area (Å²) in [6, 6.07) is 50.4. The molecule has 9 aromatic rings. The Morgan fingerprint density at radius 3 is 1.87 bits per heavy atom. The Bertz CT molecular complexity index is 2490. The number of hydrogen-bond donors (Lipinski definition) is 0. The van der Waals surface area contributed by atoms with Gasteiger partial charge in [-0.1, -0.05) is 119 Å². The molecule has 0 fully saturated rings. The number of benzene rings is 6. The van der Waals surface area contributed by atoms with Gasteiger partial charge in [0.15, 0.2) is 0 Å². The van der Waals surface area contributed by atoms with E-state index in [1.54, 1.807) is 0 Å². The van der Waals surface area contributed by atoms with Crippen LogP contribution in [-0.4, -0.2) is 14.5 Å². The minimum absolute atomic E-state index is 0.638. The van der Waals surface area contributed by atoms with Crippen LogP contribution in [0.3, 0.4) is 0 Å². The van der Waals surface area contributed by atoms with Gasteiger partial charge in [0, 0.05) is 37.1 Å². The molecule has 0 bridgehead atoms. The van der Waals surface area contributed by atoms with Crippen LogP contribution < -0.4 is 0 Å². The molecule has 0 unspecified atom stereocenters. The molecule has 0 saturated heterocycles. The number of rotatable bonds is 4. The first-order chi connectivity index (χ1) is 22.2. The molecule has 0 saturated carbocycles. The minimum Gasteiger partial charge on any atom is -0.456 e. The predicted octanol–water partition coefficient (Wildman–Crippen LogP) is 11.2. The van der Waals surface area contributed by atoms with Gasteiger partial charge >= 0.3 is 0 Å². The lowest BCUT2D eigenvalue weighted by Crippen LogP contribution is -2.04. The van der Waals surface area contributed by atoms with Crippen molar-refractivity contribution >= 4 is 59.7 Å². The Balaban J connectivity index is 1.30. The highest BCUT2D eigenvalue weighted by molar-refractivity contribution is 9.10. The molecular formula is C40H24BrN3O. The Hall–Kier alpha value is -5.52. The second-order valence-electron chi connectivity index (χ2n) is 11.2. The van der Waals surface area contributed by atoms with Crippen LogP contribution in [0.15, 0.2) is 154 Å². The van der Waals surface area contributed by atoms with Crippen molar-refractivity contribution in [2.45, 2.75) is 0 Å². The minimum atomic E-state index is 0.638. The lowest BCUT2D eigenvalue weighted by atomic mass is 10.0. The molecule has 3 aromatic heterocycles. The van der Waals surface area contributed by atoms with Crippen LogP contribution in [0, 0.1) is 0 Å². The first-order valence-electron chi connectivity index (χ1n) is 14.9. The van der Waals surface area contributed by atoms with E-state index in [9.17, 15) is 0 Å². The summed E-state index contributed by atoms with van der Waals surface area (Å²) in [6.45, 7) is 0. The summed E-state index contributed by atoms with van der Waals surface area (Å²) >= 11 is 3.73. The Labute approximate surface area is 267 Å². The van der Waals surface area contributed by atoms with E-state index in [-0.39, 0.29) is 0 Å². The highest BCUT2D eigenvalue weighted by Crippen LogP contribution is 2.39. The summed E-state index contributed by atoms with van der Waals surface area (Å²) in [5.41, 5.74) is 9.94. The summed E-state index contributed by atoms with van der Waals surface area (Å²) in [5.74, 6) is 0.638. The average molecular weight is 643 g/mol. The van der Waals surface area contributed by atoms with Crippen molar-refractivity contribution in [3.8, 4) is 39.6 Å². The molecule has 45 heavy (non-hydrogen) atoms. The molecule has 5 heteroatoms. The topological polar surface area (TPSA) is 43.9 Å². The van der Waals surface area contributed by atoms with Gasteiger partial charge < -0.3 is 4.42 Å². The SMILES string of the molecule is Brc1cccc2oc3ccc(-c4ccc5c6ccccc6n(-c6nc(-c7ccccc7)cc(-c7ccccc7)n6)c5c4)cc3c12. The summed E-state index contributed by atoms with van der Waals surface area (Å²) in [7, 11) is 0. The number of aromatic nitrogens is 3. The van der Waals surface area contributed by atoms with Gasteiger partial charge in [-0.25, -0.2) is 9.97 Å². The van der Waals surface area contributed by atoms with E-state index in [4.69, 9.17) is 14.4 Å². The molecule has 4 nitrogen and oxygen atoms in total. The molecule has 212 valence electrons. The van der Waals surface area contributed by atoms with Gasteiger partial charge in [-0.2, -0.15) is 0 Å². The van der Waals surface area contributed by atoms with E-state index in [1.165, 1.54) is 0 Å². The number of para-hydroxylation sites is 1. The normalized spacial score (nSPS) is 11.7. The van der Waals surface area contributed by atoms with Gasteiger partial charge in [-0.3, -0.25) is 4.57 Å². The van der Waals surface area contributed by atoms with Crippen LogP contribution in [-0.2, 0) is 0 Å². The Morgan fingerprint density at radius 2 is 1.11 bits per heavy atom.